The van der Waals surface area contributed by atoms with Gasteiger partial charge in [0.15, 0.2) is 5.96 Å². The van der Waals surface area contributed by atoms with Gasteiger partial charge in [-0.15, -0.1) is 11.3 Å². The minimum absolute atomic E-state index is 0.260. The maximum atomic E-state index is 12.1. The van der Waals surface area contributed by atoms with Crippen molar-refractivity contribution in [2.75, 3.05) is 27.2 Å². The lowest BCUT2D eigenvalue weighted by Gasteiger charge is -2.21. The average Bonchev–Trinajstić information content (AvgIpc) is 3.16. The molecule has 138 valence electrons. The molecule has 2 N–H and O–H groups in total. The quantitative estimate of drug-likeness (QED) is 0.418. The Labute approximate surface area is 152 Å². The molecule has 0 atom stereocenters. The molecule has 0 unspecified atom stereocenters. The van der Waals surface area contributed by atoms with Gasteiger partial charge in [0, 0.05) is 52.0 Å². The Bertz CT molecular complexity index is 825. The van der Waals surface area contributed by atoms with Crippen LogP contribution in [0.1, 0.15) is 10.7 Å². The summed E-state index contributed by atoms with van der Waals surface area (Å²) >= 11 is 1.61. The maximum Gasteiger partial charge on any atom is 0.242 e. The van der Waals surface area contributed by atoms with E-state index in [9.17, 15) is 8.42 Å². The van der Waals surface area contributed by atoms with Crippen molar-refractivity contribution in [2.45, 2.75) is 18.4 Å². The highest BCUT2D eigenvalue weighted by Gasteiger charge is 2.14. The van der Waals surface area contributed by atoms with E-state index in [1.54, 1.807) is 48.5 Å². The lowest BCUT2D eigenvalue weighted by Crippen LogP contribution is -2.42. The van der Waals surface area contributed by atoms with Gasteiger partial charge in [0.05, 0.1) is 22.1 Å². The number of aliphatic imine (C=N–C) groups is 1. The molecule has 25 heavy (non-hydrogen) atoms. The molecular weight excluding hydrogens is 360 g/mol. The zero-order chi connectivity index (χ0) is 18.4. The highest BCUT2D eigenvalue weighted by atomic mass is 32.2. The van der Waals surface area contributed by atoms with E-state index in [2.05, 4.69) is 20.0 Å². The number of nitrogens with one attached hydrogen (secondary N) is 2. The lowest BCUT2D eigenvalue weighted by atomic mass is 10.4. The summed E-state index contributed by atoms with van der Waals surface area (Å²) < 4.78 is 28.5. The minimum atomic E-state index is -3.48. The summed E-state index contributed by atoms with van der Waals surface area (Å²) in [4.78, 5) is 10.8. The number of sulfonamides is 1. The number of hydrogen-bond donors (Lipinski definition) is 2. The second-order valence-electron chi connectivity index (χ2n) is 5.60. The Morgan fingerprint density at radius 2 is 2.20 bits per heavy atom. The monoisotopic (exact) mass is 384 g/mol. The molecule has 2 aromatic heterocycles. The second-order valence-corrected chi connectivity index (χ2v) is 8.43. The highest BCUT2D eigenvalue weighted by Crippen LogP contribution is 2.10. The Hall–Kier alpha value is -1.91. The van der Waals surface area contributed by atoms with Gasteiger partial charge in [-0.25, -0.2) is 18.1 Å². The van der Waals surface area contributed by atoms with Gasteiger partial charge in [0.25, 0.3) is 0 Å². The van der Waals surface area contributed by atoms with Gasteiger partial charge in [-0.3, -0.25) is 4.99 Å². The molecule has 10 heteroatoms. The fourth-order valence-electron chi connectivity index (χ4n) is 2.26. The molecule has 0 saturated heterocycles. The van der Waals surface area contributed by atoms with Crippen LogP contribution in [0, 0.1) is 6.92 Å². The molecule has 2 heterocycles. The number of nitrogens with zero attached hydrogens (tertiary/aromatic N) is 4. The summed E-state index contributed by atoms with van der Waals surface area (Å²) in [5.74, 6) is 0.685. The Kier molecular flexibility index (Phi) is 6.57. The molecule has 0 aliphatic carbocycles. The van der Waals surface area contributed by atoms with Gasteiger partial charge in [0.2, 0.25) is 10.0 Å². The third-order valence-corrected chi connectivity index (χ3v) is 5.72. The fraction of sp³-hybridized carbons (Fsp3) is 0.467. The molecule has 0 bridgehead atoms. The molecule has 0 aromatic carbocycles. The van der Waals surface area contributed by atoms with E-state index in [0.717, 1.165) is 10.7 Å². The van der Waals surface area contributed by atoms with E-state index in [1.807, 2.05) is 24.3 Å². The van der Waals surface area contributed by atoms with Gasteiger partial charge < -0.3 is 14.8 Å². The number of guanidine groups is 1. The first-order valence-electron chi connectivity index (χ1n) is 7.76. The molecule has 0 aliphatic heterocycles. The van der Waals surface area contributed by atoms with E-state index >= 15 is 0 Å². The Balaban J connectivity index is 1.81. The summed E-state index contributed by atoms with van der Waals surface area (Å²) in [6.45, 7) is 3.30. The van der Waals surface area contributed by atoms with Crippen molar-refractivity contribution in [2.24, 2.45) is 12.0 Å². The van der Waals surface area contributed by atoms with Crippen LogP contribution in [0.3, 0.4) is 0 Å². The minimum Gasteiger partial charge on any atom is -0.356 e. The van der Waals surface area contributed by atoms with Crippen LogP contribution in [-0.4, -0.2) is 56.0 Å². The number of hydrogen-bond acceptors (Lipinski definition) is 5. The van der Waals surface area contributed by atoms with Gasteiger partial charge >= 0.3 is 0 Å². The topological polar surface area (TPSA) is 91.6 Å². The summed E-state index contributed by atoms with van der Waals surface area (Å²) in [5.41, 5.74) is 0.984. The fourth-order valence-corrected chi connectivity index (χ4v) is 3.95. The van der Waals surface area contributed by atoms with Gasteiger partial charge in [-0.05, 0) is 13.0 Å². The zero-order valence-corrected chi connectivity index (χ0v) is 16.5. The van der Waals surface area contributed by atoms with Gasteiger partial charge in [-0.2, -0.15) is 0 Å². The van der Waals surface area contributed by atoms with E-state index < -0.39 is 10.0 Å². The van der Waals surface area contributed by atoms with Crippen molar-refractivity contribution >= 4 is 27.3 Å². The largest absolute Gasteiger partial charge is 0.356 e. The Morgan fingerprint density at radius 3 is 2.76 bits per heavy atom. The van der Waals surface area contributed by atoms with E-state index in [4.69, 9.17) is 0 Å². The first-order valence-corrected chi connectivity index (χ1v) is 10.1. The van der Waals surface area contributed by atoms with Crippen molar-refractivity contribution < 1.29 is 8.42 Å². The molecule has 2 rings (SSSR count). The lowest BCUT2D eigenvalue weighted by molar-refractivity contribution is 0.471. The second kappa shape index (κ2) is 8.45. The molecule has 0 amide bonds. The summed E-state index contributed by atoms with van der Waals surface area (Å²) in [6.07, 6.45) is 3.27. The normalized spacial score (nSPS) is 12.4. The predicted octanol–water partition coefficient (Wildman–Crippen LogP) is 0.776. The van der Waals surface area contributed by atoms with E-state index in [-0.39, 0.29) is 11.4 Å². The Morgan fingerprint density at radius 1 is 1.44 bits per heavy atom. The zero-order valence-electron chi connectivity index (χ0n) is 14.9. The van der Waals surface area contributed by atoms with Crippen LogP contribution in [0.5, 0.6) is 0 Å². The molecule has 0 saturated carbocycles. The molecular formula is C15H24N6O2S2. The van der Waals surface area contributed by atoms with Crippen molar-refractivity contribution in [1.29, 1.82) is 0 Å². The summed E-state index contributed by atoms with van der Waals surface area (Å²) in [7, 11) is 1.91. The van der Waals surface area contributed by atoms with Crippen molar-refractivity contribution in [1.82, 2.24) is 24.5 Å². The standard InChI is InChI=1S/C15H24N6O2S2/c1-12-19-13(11-24-12)9-21(4)15(16-2)17-6-7-18-25(22,23)14-5-8-20(3)10-14/h5,8,10-11,18H,6-7,9H2,1-4H3,(H,16,17). The maximum absolute atomic E-state index is 12.1. The van der Waals surface area contributed by atoms with Crippen LogP contribution in [-0.2, 0) is 23.6 Å². The van der Waals surface area contributed by atoms with Crippen molar-refractivity contribution in [3.05, 3.63) is 34.5 Å². The van der Waals surface area contributed by atoms with Crippen LogP contribution < -0.4 is 10.0 Å². The molecule has 2 aromatic rings. The SMILES string of the molecule is CN=C(NCCNS(=O)(=O)c1ccn(C)c1)N(C)Cc1csc(C)n1. The van der Waals surface area contributed by atoms with Crippen LogP contribution in [0.25, 0.3) is 0 Å². The molecule has 8 nitrogen and oxygen atoms in total. The van der Waals surface area contributed by atoms with E-state index in [1.165, 1.54) is 0 Å². The van der Waals surface area contributed by atoms with E-state index in [0.29, 0.717) is 19.0 Å². The van der Waals surface area contributed by atoms with Crippen LogP contribution >= 0.6 is 11.3 Å². The highest BCUT2D eigenvalue weighted by molar-refractivity contribution is 7.89. The summed E-state index contributed by atoms with van der Waals surface area (Å²) in [6, 6.07) is 1.57. The van der Waals surface area contributed by atoms with Gasteiger partial charge in [0.1, 0.15) is 0 Å². The molecule has 0 aliphatic rings. The molecule has 0 spiro atoms. The van der Waals surface area contributed by atoms with Crippen molar-refractivity contribution in [3.63, 3.8) is 0 Å². The smallest absolute Gasteiger partial charge is 0.242 e. The first-order chi connectivity index (χ1) is 11.8. The van der Waals surface area contributed by atoms with Crippen LogP contribution in [0.4, 0.5) is 0 Å². The third kappa shape index (κ3) is 5.55. The molecule has 0 radical (unpaired) electrons. The summed E-state index contributed by atoms with van der Waals surface area (Å²) in [5, 5.41) is 6.20. The third-order valence-electron chi connectivity index (χ3n) is 3.45. The number of rotatable bonds is 7. The van der Waals surface area contributed by atoms with Crippen LogP contribution in [0.2, 0.25) is 0 Å². The number of thiazole rings is 1. The first kappa shape index (κ1) is 19.4. The van der Waals surface area contributed by atoms with Crippen molar-refractivity contribution in [3.8, 4) is 0 Å². The number of aryl methyl sites for hydroxylation is 2. The predicted molar refractivity (Wildman–Crippen MR) is 100 cm³/mol. The number of aromatic nitrogens is 2. The average molecular weight is 385 g/mol. The van der Waals surface area contributed by atoms with Crippen LogP contribution in [0.15, 0.2) is 33.7 Å². The molecule has 0 fully saturated rings. The van der Waals surface area contributed by atoms with Gasteiger partial charge in [-0.1, -0.05) is 0 Å².